The van der Waals surface area contributed by atoms with E-state index in [1.54, 1.807) is 12.1 Å². The standard InChI is InChI=1S/C14H12FNO2/c1-9-3-5-12(13(15)7-9)11-4-6-14(16-8-11)18-10(2)17/h3-8H,1-2H3. The summed E-state index contributed by atoms with van der Waals surface area (Å²) >= 11 is 0. The second kappa shape index (κ2) is 4.96. The van der Waals surface area contributed by atoms with E-state index in [2.05, 4.69) is 4.98 Å². The number of ether oxygens (including phenoxy) is 1. The van der Waals surface area contributed by atoms with Gasteiger partial charge in [0.1, 0.15) is 5.82 Å². The molecule has 0 saturated carbocycles. The van der Waals surface area contributed by atoms with Crippen molar-refractivity contribution in [3.8, 4) is 17.0 Å². The van der Waals surface area contributed by atoms with E-state index in [1.165, 1.54) is 25.3 Å². The van der Waals surface area contributed by atoms with E-state index in [-0.39, 0.29) is 11.7 Å². The van der Waals surface area contributed by atoms with Crippen molar-refractivity contribution in [1.29, 1.82) is 0 Å². The van der Waals surface area contributed by atoms with Crippen LogP contribution in [-0.4, -0.2) is 11.0 Å². The van der Waals surface area contributed by atoms with Crippen LogP contribution in [-0.2, 0) is 4.79 Å². The van der Waals surface area contributed by atoms with Gasteiger partial charge in [-0.2, -0.15) is 0 Å². The molecule has 0 fully saturated rings. The molecule has 0 amide bonds. The number of halogens is 1. The average molecular weight is 245 g/mol. The van der Waals surface area contributed by atoms with Crippen LogP contribution >= 0.6 is 0 Å². The van der Waals surface area contributed by atoms with Crippen LogP contribution in [0.15, 0.2) is 36.5 Å². The monoisotopic (exact) mass is 245 g/mol. The van der Waals surface area contributed by atoms with E-state index in [0.29, 0.717) is 11.1 Å². The summed E-state index contributed by atoms with van der Waals surface area (Å²) in [4.78, 5) is 14.7. The minimum Gasteiger partial charge on any atom is -0.408 e. The topological polar surface area (TPSA) is 39.2 Å². The summed E-state index contributed by atoms with van der Waals surface area (Å²) in [6.07, 6.45) is 1.48. The van der Waals surface area contributed by atoms with Gasteiger partial charge in [-0.1, -0.05) is 12.1 Å². The normalized spacial score (nSPS) is 10.2. The number of hydrogen-bond donors (Lipinski definition) is 0. The van der Waals surface area contributed by atoms with E-state index >= 15 is 0 Å². The summed E-state index contributed by atoms with van der Waals surface area (Å²) in [7, 11) is 0. The molecular weight excluding hydrogens is 233 g/mol. The van der Waals surface area contributed by atoms with Gasteiger partial charge in [-0.15, -0.1) is 0 Å². The van der Waals surface area contributed by atoms with Gasteiger partial charge in [0.25, 0.3) is 0 Å². The molecule has 4 heteroatoms. The molecule has 0 atom stereocenters. The number of rotatable bonds is 2. The van der Waals surface area contributed by atoms with Crippen molar-refractivity contribution >= 4 is 5.97 Å². The first-order valence-corrected chi connectivity index (χ1v) is 5.47. The van der Waals surface area contributed by atoms with Crippen molar-refractivity contribution < 1.29 is 13.9 Å². The van der Waals surface area contributed by atoms with E-state index in [4.69, 9.17) is 4.74 Å². The molecule has 2 rings (SSSR count). The Balaban J connectivity index is 2.31. The highest BCUT2D eigenvalue weighted by atomic mass is 19.1. The van der Waals surface area contributed by atoms with Gasteiger partial charge >= 0.3 is 5.97 Å². The number of carbonyl (C=O) groups is 1. The molecule has 1 heterocycles. The third-order valence-corrected chi connectivity index (χ3v) is 2.42. The number of pyridine rings is 1. The van der Waals surface area contributed by atoms with Gasteiger partial charge in [0.2, 0.25) is 5.88 Å². The molecule has 92 valence electrons. The van der Waals surface area contributed by atoms with Crippen LogP contribution in [0.2, 0.25) is 0 Å². The third-order valence-electron chi connectivity index (χ3n) is 2.42. The lowest BCUT2D eigenvalue weighted by Crippen LogP contribution is -2.02. The van der Waals surface area contributed by atoms with Gasteiger partial charge in [0, 0.05) is 30.3 Å². The molecule has 18 heavy (non-hydrogen) atoms. The minimum atomic E-state index is -0.434. The Morgan fingerprint density at radius 1 is 1.28 bits per heavy atom. The van der Waals surface area contributed by atoms with Crippen LogP contribution < -0.4 is 4.74 Å². The van der Waals surface area contributed by atoms with Crippen molar-refractivity contribution in [2.24, 2.45) is 0 Å². The van der Waals surface area contributed by atoms with Crippen LogP contribution in [0.25, 0.3) is 11.1 Å². The van der Waals surface area contributed by atoms with Gasteiger partial charge < -0.3 is 4.74 Å². The van der Waals surface area contributed by atoms with E-state index in [9.17, 15) is 9.18 Å². The summed E-state index contributed by atoms with van der Waals surface area (Å²) < 4.78 is 18.5. The maximum absolute atomic E-state index is 13.7. The molecule has 0 saturated heterocycles. The van der Waals surface area contributed by atoms with E-state index < -0.39 is 5.97 Å². The molecule has 0 unspecified atom stereocenters. The zero-order chi connectivity index (χ0) is 13.1. The fraction of sp³-hybridized carbons (Fsp3) is 0.143. The van der Waals surface area contributed by atoms with Gasteiger partial charge in [-0.3, -0.25) is 4.79 Å². The van der Waals surface area contributed by atoms with Gasteiger partial charge in [0.15, 0.2) is 0 Å². The lowest BCUT2D eigenvalue weighted by atomic mass is 10.1. The molecule has 0 spiro atoms. The largest absolute Gasteiger partial charge is 0.408 e. The molecule has 2 aromatic rings. The number of benzene rings is 1. The summed E-state index contributed by atoms with van der Waals surface area (Å²) in [5, 5.41) is 0. The fourth-order valence-electron chi connectivity index (χ4n) is 1.60. The number of hydrogen-bond acceptors (Lipinski definition) is 3. The van der Waals surface area contributed by atoms with Crippen molar-refractivity contribution in [2.75, 3.05) is 0 Å². The van der Waals surface area contributed by atoms with Gasteiger partial charge in [-0.05, 0) is 24.6 Å². The van der Waals surface area contributed by atoms with E-state index in [0.717, 1.165) is 5.56 Å². The second-order valence-electron chi connectivity index (χ2n) is 3.96. The molecule has 3 nitrogen and oxygen atoms in total. The first-order chi connectivity index (χ1) is 8.56. The number of nitrogens with zero attached hydrogens (tertiary/aromatic N) is 1. The number of carbonyl (C=O) groups excluding carboxylic acids is 1. The smallest absolute Gasteiger partial charge is 0.309 e. The zero-order valence-corrected chi connectivity index (χ0v) is 10.1. The second-order valence-corrected chi connectivity index (χ2v) is 3.96. The van der Waals surface area contributed by atoms with Gasteiger partial charge in [-0.25, -0.2) is 9.37 Å². The fourth-order valence-corrected chi connectivity index (χ4v) is 1.60. The highest BCUT2D eigenvalue weighted by molar-refractivity contribution is 5.69. The van der Waals surface area contributed by atoms with Crippen LogP contribution in [0.1, 0.15) is 12.5 Å². The Kier molecular flexibility index (Phi) is 3.37. The van der Waals surface area contributed by atoms with E-state index in [1.807, 2.05) is 13.0 Å². The van der Waals surface area contributed by atoms with Crippen LogP contribution in [0.3, 0.4) is 0 Å². The summed E-state index contributed by atoms with van der Waals surface area (Å²) in [6, 6.07) is 8.20. The number of aromatic nitrogens is 1. The quantitative estimate of drug-likeness (QED) is 0.763. The first-order valence-electron chi connectivity index (χ1n) is 5.47. The molecule has 0 bridgehead atoms. The predicted molar refractivity (Wildman–Crippen MR) is 65.7 cm³/mol. The summed E-state index contributed by atoms with van der Waals surface area (Å²) in [5.41, 5.74) is 1.98. The van der Waals surface area contributed by atoms with Crippen molar-refractivity contribution in [3.63, 3.8) is 0 Å². The molecule has 0 aliphatic rings. The Morgan fingerprint density at radius 3 is 2.61 bits per heavy atom. The highest BCUT2D eigenvalue weighted by Crippen LogP contribution is 2.24. The molecule has 0 aliphatic heterocycles. The molecular formula is C14H12FNO2. The molecule has 1 aromatic heterocycles. The van der Waals surface area contributed by atoms with Crippen LogP contribution in [0.4, 0.5) is 4.39 Å². The third kappa shape index (κ3) is 2.71. The SMILES string of the molecule is CC(=O)Oc1ccc(-c2ccc(C)cc2F)cn1. The summed E-state index contributed by atoms with van der Waals surface area (Å²) in [6.45, 7) is 3.13. The lowest BCUT2D eigenvalue weighted by molar-refractivity contribution is -0.132. The number of aryl methyl sites for hydroxylation is 1. The Hall–Kier alpha value is -2.23. The average Bonchev–Trinajstić information content (AvgIpc) is 2.30. The molecule has 0 N–H and O–H groups in total. The number of esters is 1. The Labute approximate surface area is 104 Å². The predicted octanol–water partition coefficient (Wildman–Crippen LogP) is 3.12. The van der Waals surface area contributed by atoms with Gasteiger partial charge in [0.05, 0.1) is 0 Å². The highest BCUT2D eigenvalue weighted by Gasteiger charge is 2.06. The zero-order valence-electron chi connectivity index (χ0n) is 10.1. The van der Waals surface area contributed by atoms with Crippen molar-refractivity contribution in [2.45, 2.75) is 13.8 Å². The van der Waals surface area contributed by atoms with Crippen molar-refractivity contribution in [3.05, 3.63) is 47.9 Å². The Morgan fingerprint density at radius 2 is 2.06 bits per heavy atom. The van der Waals surface area contributed by atoms with Crippen LogP contribution in [0.5, 0.6) is 5.88 Å². The molecule has 1 aromatic carbocycles. The first kappa shape index (κ1) is 12.2. The molecule has 0 aliphatic carbocycles. The van der Waals surface area contributed by atoms with Crippen LogP contribution in [0, 0.1) is 12.7 Å². The maximum atomic E-state index is 13.7. The summed E-state index contributed by atoms with van der Waals surface area (Å²) in [5.74, 6) is -0.521. The minimum absolute atomic E-state index is 0.207. The lowest BCUT2D eigenvalue weighted by Gasteiger charge is -2.05. The van der Waals surface area contributed by atoms with Crippen molar-refractivity contribution in [1.82, 2.24) is 4.98 Å². The molecule has 0 radical (unpaired) electrons. The maximum Gasteiger partial charge on any atom is 0.309 e. The Bertz CT molecular complexity index is 579.